The predicted molar refractivity (Wildman–Crippen MR) is 106 cm³/mol. The molecule has 1 heterocycles. The van der Waals surface area contributed by atoms with Crippen LogP contribution in [0.25, 0.3) is 0 Å². The Morgan fingerprint density at radius 3 is 2.63 bits per heavy atom. The fourth-order valence-electron chi connectivity index (χ4n) is 3.18. The first kappa shape index (κ1) is 19.2. The Bertz CT molecular complexity index is 819. The van der Waals surface area contributed by atoms with Gasteiger partial charge in [0.05, 0.1) is 12.6 Å². The molecule has 1 aliphatic heterocycles. The lowest BCUT2D eigenvalue weighted by Crippen LogP contribution is -2.38. The molecule has 1 aliphatic rings. The normalized spacial score (nSPS) is 13.7. The van der Waals surface area contributed by atoms with E-state index in [1.165, 1.54) is 11.1 Å². The van der Waals surface area contributed by atoms with Crippen LogP contribution < -0.4 is 14.8 Å². The molecule has 1 amide bonds. The molecule has 5 nitrogen and oxygen atoms in total. The number of carbonyl (C=O) groups is 1. The van der Waals surface area contributed by atoms with Gasteiger partial charge in [0, 0.05) is 6.54 Å². The molecule has 27 heavy (non-hydrogen) atoms. The maximum atomic E-state index is 12.5. The minimum absolute atomic E-state index is 0.0129. The Morgan fingerprint density at radius 2 is 1.89 bits per heavy atom. The zero-order chi connectivity index (χ0) is 19.4. The Labute approximate surface area is 161 Å². The Morgan fingerprint density at radius 1 is 1.11 bits per heavy atom. The molecule has 144 valence electrons. The van der Waals surface area contributed by atoms with E-state index in [0.717, 1.165) is 29.2 Å². The highest BCUT2D eigenvalue weighted by Gasteiger charge is 2.16. The van der Waals surface area contributed by atoms with E-state index in [1.807, 2.05) is 25.1 Å². The van der Waals surface area contributed by atoms with Gasteiger partial charge in [-0.05, 0) is 61.7 Å². The molecule has 2 aromatic carbocycles. The summed E-state index contributed by atoms with van der Waals surface area (Å²) >= 11 is 0. The third-order valence-electron chi connectivity index (χ3n) is 5.07. The molecule has 0 fully saturated rings. The molecule has 1 atom stereocenters. The molecule has 3 rings (SSSR count). The van der Waals surface area contributed by atoms with Crippen LogP contribution in [0.15, 0.2) is 36.4 Å². The first-order valence-electron chi connectivity index (χ1n) is 9.43. The Balaban J connectivity index is 1.57. The molecule has 0 aliphatic carbocycles. The lowest BCUT2D eigenvalue weighted by atomic mass is 10.0. The summed E-state index contributed by atoms with van der Waals surface area (Å²) in [5, 5.41) is 3.11. The van der Waals surface area contributed by atoms with Gasteiger partial charge in [0.1, 0.15) is 0 Å². The predicted octanol–water partition coefficient (Wildman–Crippen LogP) is 3.73. The summed E-state index contributed by atoms with van der Waals surface area (Å²) in [5.41, 5.74) is 4.74. The minimum Gasteiger partial charge on any atom is -0.454 e. The smallest absolute Gasteiger partial charge is 0.234 e. The number of likely N-dealkylation sites (N-methyl/N-ethyl adjacent to an activating group) is 1. The second kappa shape index (κ2) is 8.44. The van der Waals surface area contributed by atoms with Crippen LogP contribution in [-0.4, -0.2) is 30.7 Å². The van der Waals surface area contributed by atoms with Gasteiger partial charge in [0.25, 0.3) is 0 Å². The van der Waals surface area contributed by atoms with Crippen LogP contribution in [0.3, 0.4) is 0 Å². The molecule has 2 aromatic rings. The van der Waals surface area contributed by atoms with Crippen molar-refractivity contribution in [1.82, 2.24) is 10.2 Å². The number of hydrogen-bond acceptors (Lipinski definition) is 4. The number of benzene rings is 2. The zero-order valence-corrected chi connectivity index (χ0v) is 16.5. The van der Waals surface area contributed by atoms with Gasteiger partial charge in [-0.15, -0.1) is 0 Å². The zero-order valence-electron chi connectivity index (χ0n) is 16.5. The van der Waals surface area contributed by atoms with Crippen molar-refractivity contribution in [2.45, 2.75) is 40.3 Å². The number of nitrogens with one attached hydrogen (secondary N) is 1. The largest absolute Gasteiger partial charge is 0.454 e. The second-order valence-corrected chi connectivity index (χ2v) is 7.12. The van der Waals surface area contributed by atoms with Gasteiger partial charge < -0.3 is 14.8 Å². The number of fused-ring (bicyclic) bond motifs is 1. The lowest BCUT2D eigenvalue weighted by molar-refractivity contribution is -0.123. The topological polar surface area (TPSA) is 50.8 Å². The number of amides is 1. The molecule has 0 radical (unpaired) electrons. The highest BCUT2D eigenvalue weighted by Crippen LogP contribution is 2.32. The molecule has 0 spiro atoms. The molecule has 0 bridgehead atoms. The molecular weight excluding hydrogens is 340 g/mol. The quantitative estimate of drug-likeness (QED) is 0.809. The highest BCUT2D eigenvalue weighted by atomic mass is 16.7. The van der Waals surface area contributed by atoms with Crippen LogP contribution in [0.4, 0.5) is 0 Å². The van der Waals surface area contributed by atoms with Crippen LogP contribution in [0.2, 0.25) is 0 Å². The van der Waals surface area contributed by atoms with Crippen LogP contribution in [0.1, 0.15) is 42.1 Å². The van der Waals surface area contributed by atoms with Gasteiger partial charge >= 0.3 is 0 Å². The van der Waals surface area contributed by atoms with E-state index < -0.39 is 0 Å². The number of nitrogens with zero attached hydrogens (tertiary/aromatic N) is 1. The Kier molecular flexibility index (Phi) is 6.01. The third-order valence-corrected chi connectivity index (χ3v) is 5.07. The van der Waals surface area contributed by atoms with Crippen molar-refractivity contribution in [3.05, 3.63) is 58.7 Å². The van der Waals surface area contributed by atoms with Crippen LogP contribution in [0.5, 0.6) is 11.5 Å². The first-order chi connectivity index (χ1) is 13.0. The summed E-state index contributed by atoms with van der Waals surface area (Å²) in [6, 6.07) is 12.2. The van der Waals surface area contributed by atoms with Crippen LogP contribution >= 0.6 is 0 Å². The minimum atomic E-state index is -0.0129. The maximum Gasteiger partial charge on any atom is 0.234 e. The van der Waals surface area contributed by atoms with Crippen molar-refractivity contribution in [2.24, 2.45) is 0 Å². The maximum absolute atomic E-state index is 12.5. The number of hydrogen-bond donors (Lipinski definition) is 1. The second-order valence-electron chi connectivity index (χ2n) is 7.12. The van der Waals surface area contributed by atoms with Crippen LogP contribution in [-0.2, 0) is 11.3 Å². The van der Waals surface area contributed by atoms with Gasteiger partial charge in [-0.25, -0.2) is 0 Å². The number of carbonyl (C=O) groups excluding carboxylic acids is 1. The number of aryl methyl sites for hydroxylation is 2. The van der Waals surface area contributed by atoms with E-state index in [4.69, 9.17) is 9.47 Å². The van der Waals surface area contributed by atoms with Crippen molar-refractivity contribution >= 4 is 5.91 Å². The summed E-state index contributed by atoms with van der Waals surface area (Å²) in [7, 11) is 0. The summed E-state index contributed by atoms with van der Waals surface area (Å²) in [5.74, 6) is 1.58. The standard InChI is InChI=1S/C22H28N2O3/c1-5-24(12-18-7-9-20-21(11-18)27-14-26-20)13-22(25)23-17(4)19-8-6-15(2)16(3)10-19/h6-11,17H,5,12-14H2,1-4H3,(H,23,25). The fraction of sp³-hybridized carbons (Fsp3) is 0.409. The number of ether oxygens (including phenoxy) is 2. The van der Waals surface area contributed by atoms with E-state index in [2.05, 4.69) is 49.2 Å². The molecule has 0 aromatic heterocycles. The van der Waals surface area contributed by atoms with Gasteiger partial charge in [0.2, 0.25) is 12.7 Å². The van der Waals surface area contributed by atoms with Gasteiger partial charge in [-0.2, -0.15) is 0 Å². The average molecular weight is 368 g/mol. The molecule has 5 heteroatoms. The SMILES string of the molecule is CCN(CC(=O)NC(C)c1ccc(C)c(C)c1)Cc1ccc2c(c1)OCO2. The summed E-state index contributed by atoms with van der Waals surface area (Å²) in [4.78, 5) is 14.6. The molecular formula is C22H28N2O3. The highest BCUT2D eigenvalue weighted by molar-refractivity contribution is 5.78. The van der Waals surface area contributed by atoms with Crippen molar-refractivity contribution in [3.63, 3.8) is 0 Å². The van der Waals surface area contributed by atoms with E-state index in [0.29, 0.717) is 13.1 Å². The number of rotatable bonds is 7. The molecule has 1 unspecified atom stereocenters. The van der Waals surface area contributed by atoms with Crippen molar-refractivity contribution in [3.8, 4) is 11.5 Å². The van der Waals surface area contributed by atoms with E-state index in [9.17, 15) is 4.79 Å². The molecule has 0 saturated carbocycles. The van der Waals surface area contributed by atoms with Crippen molar-refractivity contribution in [1.29, 1.82) is 0 Å². The van der Waals surface area contributed by atoms with Crippen LogP contribution in [0, 0.1) is 13.8 Å². The van der Waals surface area contributed by atoms with Gasteiger partial charge in [-0.1, -0.05) is 31.2 Å². The fourth-order valence-corrected chi connectivity index (χ4v) is 3.18. The van der Waals surface area contributed by atoms with Crippen molar-refractivity contribution < 1.29 is 14.3 Å². The van der Waals surface area contributed by atoms with Gasteiger partial charge in [0.15, 0.2) is 11.5 Å². The van der Waals surface area contributed by atoms with Crippen molar-refractivity contribution in [2.75, 3.05) is 19.9 Å². The molecule has 1 N–H and O–H groups in total. The van der Waals surface area contributed by atoms with E-state index in [-0.39, 0.29) is 18.7 Å². The van der Waals surface area contributed by atoms with Gasteiger partial charge in [-0.3, -0.25) is 9.69 Å². The first-order valence-corrected chi connectivity index (χ1v) is 9.43. The molecule has 0 saturated heterocycles. The summed E-state index contributed by atoms with van der Waals surface area (Å²) in [6.45, 7) is 10.4. The lowest BCUT2D eigenvalue weighted by Gasteiger charge is -2.22. The average Bonchev–Trinajstić information content (AvgIpc) is 3.11. The monoisotopic (exact) mass is 368 g/mol. The van der Waals surface area contributed by atoms with E-state index in [1.54, 1.807) is 0 Å². The van der Waals surface area contributed by atoms with E-state index >= 15 is 0 Å². The Hall–Kier alpha value is -2.53. The summed E-state index contributed by atoms with van der Waals surface area (Å²) in [6.07, 6.45) is 0. The third kappa shape index (κ3) is 4.80. The summed E-state index contributed by atoms with van der Waals surface area (Å²) < 4.78 is 10.8.